The number of halogens is 1. The number of likely N-dealkylation sites (tertiary alicyclic amines) is 2. The van der Waals surface area contributed by atoms with E-state index in [0.29, 0.717) is 37.8 Å². The number of nitrogens with zero attached hydrogens (tertiary/aromatic N) is 2. The van der Waals surface area contributed by atoms with E-state index < -0.39 is 0 Å². The lowest BCUT2D eigenvalue weighted by Crippen LogP contribution is -2.43. The van der Waals surface area contributed by atoms with Crippen LogP contribution in [0.3, 0.4) is 0 Å². The van der Waals surface area contributed by atoms with Crippen molar-refractivity contribution in [2.45, 2.75) is 64.0 Å². The Bertz CT molecular complexity index is 701. The molecule has 2 saturated heterocycles. The third-order valence-electron chi connectivity index (χ3n) is 6.63. The van der Waals surface area contributed by atoms with Crippen LogP contribution >= 0.6 is 0 Å². The van der Waals surface area contributed by atoms with Gasteiger partial charge >= 0.3 is 0 Å². The Morgan fingerprint density at radius 2 is 1.93 bits per heavy atom. The largest absolute Gasteiger partial charge is 0.340 e. The molecule has 0 unspecified atom stereocenters. The molecule has 2 amide bonds. The number of fused-ring (bicyclic) bond motifs is 1. The molecule has 4 nitrogen and oxygen atoms in total. The number of hydrogen-bond donors (Lipinski definition) is 0. The van der Waals surface area contributed by atoms with Gasteiger partial charge in [0.25, 0.3) is 0 Å². The SMILES string of the molecule is O=C(CC1CCCC1)N1C[C@H]2CCCC(=O)N(Cc3cccc(F)c3)[C@H]2C1. The first-order valence-electron chi connectivity index (χ1n) is 10.4. The standard InChI is InChI=1S/C22H29FN2O2/c23-19-9-3-7-17(11-19)13-25-20-15-24(14-18(20)8-4-10-21(25)26)22(27)12-16-5-1-2-6-16/h3,7,9,11,16,18,20H,1-2,4-6,8,10,12-15H2/t18-,20+/m1/s1. The number of hydrogen-bond acceptors (Lipinski definition) is 2. The third kappa shape index (κ3) is 4.17. The van der Waals surface area contributed by atoms with Crippen molar-refractivity contribution in [3.8, 4) is 0 Å². The molecule has 2 heterocycles. The van der Waals surface area contributed by atoms with E-state index in [1.54, 1.807) is 6.07 Å². The molecule has 146 valence electrons. The Kier molecular flexibility index (Phi) is 5.46. The van der Waals surface area contributed by atoms with Crippen LogP contribution in [0.15, 0.2) is 24.3 Å². The monoisotopic (exact) mass is 372 g/mol. The highest BCUT2D eigenvalue weighted by Crippen LogP contribution is 2.34. The highest BCUT2D eigenvalue weighted by Gasteiger charge is 2.42. The smallest absolute Gasteiger partial charge is 0.223 e. The molecule has 1 aromatic rings. The van der Waals surface area contributed by atoms with Gasteiger partial charge in [0.05, 0.1) is 6.04 Å². The molecular formula is C22H29FN2O2. The van der Waals surface area contributed by atoms with Crippen LogP contribution in [0.5, 0.6) is 0 Å². The van der Waals surface area contributed by atoms with Gasteiger partial charge in [-0.1, -0.05) is 25.0 Å². The maximum Gasteiger partial charge on any atom is 0.223 e. The van der Waals surface area contributed by atoms with E-state index in [4.69, 9.17) is 0 Å². The van der Waals surface area contributed by atoms with E-state index in [2.05, 4.69) is 0 Å². The van der Waals surface area contributed by atoms with E-state index >= 15 is 0 Å². The Morgan fingerprint density at radius 1 is 1.11 bits per heavy atom. The predicted molar refractivity (Wildman–Crippen MR) is 101 cm³/mol. The molecule has 1 saturated carbocycles. The molecule has 0 radical (unpaired) electrons. The summed E-state index contributed by atoms with van der Waals surface area (Å²) in [5.74, 6) is 1.02. The van der Waals surface area contributed by atoms with E-state index in [9.17, 15) is 14.0 Å². The lowest BCUT2D eigenvalue weighted by Gasteiger charge is -2.30. The number of amides is 2. The molecule has 0 N–H and O–H groups in total. The first-order chi connectivity index (χ1) is 13.1. The van der Waals surface area contributed by atoms with Crippen molar-refractivity contribution in [3.05, 3.63) is 35.6 Å². The van der Waals surface area contributed by atoms with Crippen molar-refractivity contribution in [2.75, 3.05) is 13.1 Å². The molecule has 1 aliphatic carbocycles. The summed E-state index contributed by atoms with van der Waals surface area (Å²) in [6.45, 7) is 1.84. The molecule has 4 rings (SSSR count). The number of carbonyl (C=O) groups excluding carboxylic acids is 2. The van der Waals surface area contributed by atoms with Crippen molar-refractivity contribution < 1.29 is 14.0 Å². The van der Waals surface area contributed by atoms with Crippen molar-refractivity contribution in [2.24, 2.45) is 11.8 Å². The summed E-state index contributed by atoms with van der Waals surface area (Å²) in [4.78, 5) is 29.4. The van der Waals surface area contributed by atoms with Crippen molar-refractivity contribution in [3.63, 3.8) is 0 Å². The molecule has 3 fully saturated rings. The molecule has 2 aliphatic heterocycles. The van der Waals surface area contributed by atoms with Gasteiger partial charge in [0.15, 0.2) is 0 Å². The zero-order valence-electron chi connectivity index (χ0n) is 15.9. The van der Waals surface area contributed by atoms with E-state index in [1.165, 1.54) is 37.8 Å². The van der Waals surface area contributed by atoms with Crippen LogP contribution in [0.4, 0.5) is 4.39 Å². The van der Waals surface area contributed by atoms with Crippen LogP contribution in [0.2, 0.25) is 0 Å². The van der Waals surface area contributed by atoms with E-state index in [1.807, 2.05) is 15.9 Å². The van der Waals surface area contributed by atoms with Gasteiger partial charge in [0, 0.05) is 32.5 Å². The van der Waals surface area contributed by atoms with Crippen LogP contribution in [0.25, 0.3) is 0 Å². The summed E-state index contributed by atoms with van der Waals surface area (Å²) >= 11 is 0. The molecule has 5 heteroatoms. The maximum absolute atomic E-state index is 13.6. The molecular weight excluding hydrogens is 343 g/mol. The number of rotatable bonds is 4. The molecule has 0 spiro atoms. The summed E-state index contributed by atoms with van der Waals surface area (Å²) in [7, 11) is 0. The summed E-state index contributed by atoms with van der Waals surface area (Å²) in [5.41, 5.74) is 0.819. The lowest BCUT2D eigenvalue weighted by atomic mass is 9.98. The normalized spacial score (nSPS) is 26.3. The maximum atomic E-state index is 13.6. The second-order valence-electron chi connectivity index (χ2n) is 8.52. The minimum absolute atomic E-state index is 0.0656. The fourth-order valence-corrected chi connectivity index (χ4v) is 5.17. The van der Waals surface area contributed by atoms with Crippen molar-refractivity contribution in [1.29, 1.82) is 0 Å². The van der Waals surface area contributed by atoms with Gasteiger partial charge in [-0.05, 0) is 55.2 Å². The van der Waals surface area contributed by atoms with Crippen molar-refractivity contribution in [1.82, 2.24) is 9.80 Å². The van der Waals surface area contributed by atoms with E-state index in [0.717, 1.165) is 24.9 Å². The summed E-state index contributed by atoms with van der Waals surface area (Å²) < 4.78 is 13.6. The van der Waals surface area contributed by atoms with Gasteiger partial charge in [0.1, 0.15) is 5.82 Å². The Hall–Kier alpha value is -1.91. The summed E-state index contributed by atoms with van der Waals surface area (Å²) in [5, 5.41) is 0. The molecule has 2 atom stereocenters. The van der Waals surface area contributed by atoms with Crippen LogP contribution in [0, 0.1) is 17.7 Å². The second-order valence-corrected chi connectivity index (χ2v) is 8.52. The number of benzene rings is 1. The quantitative estimate of drug-likeness (QED) is 0.808. The van der Waals surface area contributed by atoms with Gasteiger partial charge in [-0.2, -0.15) is 0 Å². The average molecular weight is 372 g/mol. The highest BCUT2D eigenvalue weighted by atomic mass is 19.1. The zero-order chi connectivity index (χ0) is 18.8. The second kappa shape index (κ2) is 7.99. The zero-order valence-corrected chi connectivity index (χ0v) is 15.9. The summed E-state index contributed by atoms with van der Waals surface area (Å²) in [6.07, 6.45) is 7.94. The molecule has 1 aromatic carbocycles. The van der Waals surface area contributed by atoms with Crippen LogP contribution in [-0.2, 0) is 16.1 Å². The highest BCUT2D eigenvalue weighted by molar-refractivity contribution is 5.79. The van der Waals surface area contributed by atoms with Crippen LogP contribution in [-0.4, -0.2) is 40.7 Å². The van der Waals surface area contributed by atoms with Crippen LogP contribution in [0.1, 0.15) is 56.9 Å². The Labute approximate surface area is 160 Å². The molecule has 27 heavy (non-hydrogen) atoms. The lowest BCUT2D eigenvalue weighted by molar-refractivity contribution is -0.135. The first-order valence-corrected chi connectivity index (χ1v) is 10.4. The van der Waals surface area contributed by atoms with Crippen molar-refractivity contribution >= 4 is 11.8 Å². The minimum atomic E-state index is -0.272. The number of carbonyl (C=O) groups is 2. The van der Waals surface area contributed by atoms with Crippen LogP contribution < -0.4 is 0 Å². The topological polar surface area (TPSA) is 40.6 Å². The van der Waals surface area contributed by atoms with Gasteiger partial charge in [0.2, 0.25) is 11.8 Å². The average Bonchev–Trinajstić information content (AvgIpc) is 3.27. The third-order valence-corrected chi connectivity index (χ3v) is 6.63. The molecule has 0 bridgehead atoms. The van der Waals surface area contributed by atoms with E-state index in [-0.39, 0.29) is 23.7 Å². The summed E-state index contributed by atoms with van der Waals surface area (Å²) in [6, 6.07) is 6.56. The molecule has 0 aromatic heterocycles. The van der Waals surface area contributed by atoms with Gasteiger partial charge in [-0.15, -0.1) is 0 Å². The first kappa shape index (κ1) is 18.5. The van der Waals surface area contributed by atoms with Gasteiger partial charge in [-0.25, -0.2) is 4.39 Å². The Morgan fingerprint density at radius 3 is 2.70 bits per heavy atom. The fraction of sp³-hybridized carbons (Fsp3) is 0.636. The molecule has 3 aliphatic rings. The fourth-order valence-electron chi connectivity index (χ4n) is 5.17. The minimum Gasteiger partial charge on any atom is -0.340 e. The Balaban J connectivity index is 1.46. The predicted octanol–water partition coefficient (Wildman–Crippen LogP) is 3.75. The van der Waals surface area contributed by atoms with Gasteiger partial charge in [-0.3, -0.25) is 9.59 Å². The van der Waals surface area contributed by atoms with Gasteiger partial charge < -0.3 is 9.80 Å².